The summed E-state index contributed by atoms with van der Waals surface area (Å²) in [6.45, 7) is 4.97. The van der Waals surface area contributed by atoms with Crippen LogP contribution in [0, 0.1) is 0 Å². The lowest BCUT2D eigenvalue weighted by atomic mass is 10.1. The number of amides is 2. The highest BCUT2D eigenvalue weighted by Crippen LogP contribution is 2.01. The summed E-state index contributed by atoms with van der Waals surface area (Å²) in [6.07, 6.45) is 2.29. The Morgan fingerprint density at radius 1 is 1.62 bits per heavy atom. The van der Waals surface area contributed by atoms with E-state index in [4.69, 9.17) is 0 Å². The minimum Gasteiger partial charge on any atom is -0.355 e. The van der Waals surface area contributed by atoms with E-state index in [1.807, 2.05) is 13.8 Å². The maximum Gasteiger partial charge on any atom is 0.234 e. The number of hydrogen-bond acceptors (Lipinski definition) is 3. The second-order valence-electron chi connectivity index (χ2n) is 4.30. The predicted molar refractivity (Wildman–Crippen MR) is 61.9 cm³/mol. The molecule has 1 saturated heterocycles. The first-order valence-corrected chi connectivity index (χ1v) is 5.91. The summed E-state index contributed by atoms with van der Waals surface area (Å²) < 4.78 is 0. The molecule has 2 atom stereocenters. The summed E-state index contributed by atoms with van der Waals surface area (Å²) in [5, 5.41) is 8.81. The van der Waals surface area contributed by atoms with Crippen molar-refractivity contribution >= 4 is 11.8 Å². The molecule has 3 N–H and O–H groups in total. The average Bonchev–Trinajstić information content (AvgIpc) is 2.28. The van der Waals surface area contributed by atoms with E-state index in [1.165, 1.54) is 0 Å². The molecule has 1 rings (SSSR count). The highest BCUT2D eigenvalue weighted by Gasteiger charge is 2.18. The van der Waals surface area contributed by atoms with Crippen LogP contribution in [0.3, 0.4) is 0 Å². The van der Waals surface area contributed by atoms with Gasteiger partial charge in [0, 0.05) is 25.0 Å². The van der Waals surface area contributed by atoms with Gasteiger partial charge in [-0.05, 0) is 19.8 Å². The molecular weight excluding hydrogens is 206 g/mol. The van der Waals surface area contributed by atoms with E-state index in [0.717, 1.165) is 12.8 Å². The summed E-state index contributed by atoms with van der Waals surface area (Å²) >= 11 is 0. The van der Waals surface area contributed by atoms with Gasteiger partial charge in [-0.15, -0.1) is 0 Å². The van der Waals surface area contributed by atoms with Gasteiger partial charge in [0.05, 0.1) is 6.54 Å². The van der Waals surface area contributed by atoms with Crippen LogP contribution in [0.1, 0.15) is 33.1 Å². The highest BCUT2D eigenvalue weighted by molar-refractivity contribution is 5.78. The average molecular weight is 227 g/mol. The van der Waals surface area contributed by atoms with Gasteiger partial charge >= 0.3 is 0 Å². The molecule has 0 spiro atoms. The Morgan fingerprint density at radius 2 is 2.38 bits per heavy atom. The number of carbonyl (C=O) groups is 2. The summed E-state index contributed by atoms with van der Waals surface area (Å²) in [4.78, 5) is 22.4. The van der Waals surface area contributed by atoms with Crippen molar-refractivity contribution in [2.45, 2.75) is 45.2 Å². The zero-order chi connectivity index (χ0) is 12.0. The van der Waals surface area contributed by atoms with Crippen LogP contribution in [0.25, 0.3) is 0 Å². The number of piperidine rings is 1. The third kappa shape index (κ3) is 4.61. The standard InChI is InChI=1S/C11H21N3O2/c1-3-8(2)14-11(16)7-12-9-4-5-10(15)13-6-9/h8-9,12H,3-7H2,1-2H3,(H,13,15)(H,14,16). The van der Waals surface area contributed by atoms with Crippen molar-refractivity contribution in [3.63, 3.8) is 0 Å². The van der Waals surface area contributed by atoms with Crippen LogP contribution in [0.2, 0.25) is 0 Å². The Balaban J connectivity index is 2.14. The van der Waals surface area contributed by atoms with E-state index < -0.39 is 0 Å². The molecule has 0 aliphatic carbocycles. The van der Waals surface area contributed by atoms with Crippen molar-refractivity contribution in [2.24, 2.45) is 0 Å². The molecule has 0 radical (unpaired) electrons. The fourth-order valence-corrected chi connectivity index (χ4v) is 1.57. The lowest BCUT2D eigenvalue weighted by Gasteiger charge is -2.23. The van der Waals surface area contributed by atoms with Crippen molar-refractivity contribution in [3.8, 4) is 0 Å². The van der Waals surface area contributed by atoms with Crippen LogP contribution >= 0.6 is 0 Å². The van der Waals surface area contributed by atoms with E-state index in [-0.39, 0.29) is 23.9 Å². The number of hydrogen-bond donors (Lipinski definition) is 3. The van der Waals surface area contributed by atoms with Crippen LogP contribution < -0.4 is 16.0 Å². The highest BCUT2D eigenvalue weighted by atomic mass is 16.2. The minimum absolute atomic E-state index is 0.0197. The van der Waals surface area contributed by atoms with Gasteiger partial charge in [0.2, 0.25) is 11.8 Å². The molecule has 0 bridgehead atoms. The predicted octanol–water partition coefficient (Wildman–Crippen LogP) is -0.231. The molecule has 5 nitrogen and oxygen atoms in total. The molecular formula is C11H21N3O2. The third-order valence-electron chi connectivity index (χ3n) is 2.84. The van der Waals surface area contributed by atoms with Gasteiger partial charge in [0.15, 0.2) is 0 Å². The monoisotopic (exact) mass is 227 g/mol. The van der Waals surface area contributed by atoms with Crippen molar-refractivity contribution in [2.75, 3.05) is 13.1 Å². The summed E-state index contributed by atoms with van der Waals surface area (Å²) in [6, 6.07) is 0.445. The van der Waals surface area contributed by atoms with E-state index >= 15 is 0 Å². The van der Waals surface area contributed by atoms with Gasteiger partial charge < -0.3 is 16.0 Å². The zero-order valence-corrected chi connectivity index (χ0v) is 10.0. The Labute approximate surface area is 96.4 Å². The van der Waals surface area contributed by atoms with Gasteiger partial charge in [-0.3, -0.25) is 9.59 Å². The smallest absolute Gasteiger partial charge is 0.234 e. The summed E-state index contributed by atoms with van der Waals surface area (Å²) in [5.41, 5.74) is 0. The first-order chi connectivity index (χ1) is 7.61. The molecule has 2 unspecified atom stereocenters. The Hall–Kier alpha value is -1.10. The lowest BCUT2D eigenvalue weighted by Crippen LogP contribution is -2.49. The van der Waals surface area contributed by atoms with E-state index in [1.54, 1.807) is 0 Å². The SMILES string of the molecule is CCC(C)NC(=O)CNC1CCC(=O)NC1. The van der Waals surface area contributed by atoms with E-state index in [9.17, 15) is 9.59 Å². The van der Waals surface area contributed by atoms with Gasteiger partial charge in [-0.2, -0.15) is 0 Å². The van der Waals surface area contributed by atoms with Crippen molar-refractivity contribution in [3.05, 3.63) is 0 Å². The van der Waals surface area contributed by atoms with Crippen molar-refractivity contribution in [1.29, 1.82) is 0 Å². The molecule has 92 valence electrons. The Kier molecular flexibility index (Phi) is 5.25. The largest absolute Gasteiger partial charge is 0.355 e. The molecule has 2 amide bonds. The van der Waals surface area contributed by atoms with E-state index in [0.29, 0.717) is 19.5 Å². The second-order valence-corrected chi connectivity index (χ2v) is 4.30. The molecule has 1 fully saturated rings. The molecule has 1 aliphatic rings. The molecule has 1 heterocycles. The number of nitrogens with one attached hydrogen (secondary N) is 3. The first kappa shape index (κ1) is 13.0. The van der Waals surface area contributed by atoms with Crippen LogP contribution in [-0.4, -0.2) is 37.0 Å². The molecule has 1 aliphatic heterocycles. The Morgan fingerprint density at radius 3 is 2.94 bits per heavy atom. The fraction of sp³-hybridized carbons (Fsp3) is 0.818. The fourth-order valence-electron chi connectivity index (χ4n) is 1.57. The summed E-state index contributed by atoms with van der Waals surface area (Å²) in [5.74, 6) is 0.119. The maximum atomic E-state index is 11.5. The molecule has 16 heavy (non-hydrogen) atoms. The first-order valence-electron chi connectivity index (χ1n) is 5.91. The third-order valence-corrected chi connectivity index (χ3v) is 2.84. The van der Waals surface area contributed by atoms with Crippen molar-refractivity contribution < 1.29 is 9.59 Å². The van der Waals surface area contributed by atoms with Gasteiger partial charge in [0.1, 0.15) is 0 Å². The van der Waals surface area contributed by atoms with Crippen LogP contribution in [-0.2, 0) is 9.59 Å². The summed E-state index contributed by atoms with van der Waals surface area (Å²) in [7, 11) is 0. The zero-order valence-electron chi connectivity index (χ0n) is 10.0. The topological polar surface area (TPSA) is 70.2 Å². The Bertz CT molecular complexity index is 246. The minimum atomic E-state index is 0.0197. The quantitative estimate of drug-likeness (QED) is 0.607. The molecule has 0 aromatic carbocycles. The molecule has 0 aromatic rings. The maximum absolute atomic E-state index is 11.5. The van der Waals surface area contributed by atoms with Crippen molar-refractivity contribution in [1.82, 2.24) is 16.0 Å². The van der Waals surface area contributed by atoms with E-state index in [2.05, 4.69) is 16.0 Å². The second kappa shape index (κ2) is 6.48. The molecule has 0 saturated carbocycles. The number of rotatable bonds is 5. The molecule has 0 aromatic heterocycles. The molecule has 5 heteroatoms. The van der Waals surface area contributed by atoms with Gasteiger partial charge in [-0.25, -0.2) is 0 Å². The van der Waals surface area contributed by atoms with Gasteiger partial charge in [0.25, 0.3) is 0 Å². The van der Waals surface area contributed by atoms with Crippen LogP contribution in [0.4, 0.5) is 0 Å². The van der Waals surface area contributed by atoms with Gasteiger partial charge in [-0.1, -0.05) is 6.92 Å². The van der Waals surface area contributed by atoms with Crippen LogP contribution in [0.15, 0.2) is 0 Å². The van der Waals surface area contributed by atoms with Crippen LogP contribution in [0.5, 0.6) is 0 Å². The number of carbonyl (C=O) groups excluding carboxylic acids is 2. The lowest BCUT2D eigenvalue weighted by molar-refractivity contribution is -0.122. The normalized spacial score (nSPS) is 22.4.